The lowest BCUT2D eigenvalue weighted by molar-refractivity contribution is -0.135. The van der Waals surface area contributed by atoms with Crippen molar-refractivity contribution in [1.82, 2.24) is 14.8 Å². The molecule has 0 radical (unpaired) electrons. The van der Waals surface area contributed by atoms with Gasteiger partial charge in [0.1, 0.15) is 11.7 Å². The molecule has 2 aliphatic heterocycles. The van der Waals surface area contributed by atoms with E-state index in [2.05, 4.69) is 25.8 Å². The van der Waals surface area contributed by atoms with Gasteiger partial charge in [0.15, 0.2) is 0 Å². The molecule has 0 aromatic carbocycles. The highest BCUT2D eigenvalue weighted by Gasteiger charge is 2.42. The number of rotatable bonds is 6. The fourth-order valence-corrected chi connectivity index (χ4v) is 4.75. The Kier molecular flexibility index (Phi) is 7.83. The van der Waals surface area contributed by atoms with E-state index in [1.807, 2.05) is 37.8 Å². The van der Waals surface area contributed by atoms with Crippen LogP contribution in [0.5, 0.6) is 5.88 Å². The molecular weight excluding hydrogens is 490 g/mol. The van der Waals surface area contributed by atoms with Crippen LogP contribution in [0.3, 0.4) is 0 Å². The second-order valence-electron chi connectivity index (χ2n) is 10.3. The van der Waals surface area contributed by atoms with Crippen LogP contribution in [-0.4, -0.2) is 90.2 Å². The van der Waals surface area contributed by atoms with Crippen molar-refractivity contribution in [2.75, 3.05) is 45.9 Å². The van der Waals surface area contributed by atoms with Gasteiger partial charge in [-0.1, -0.05) is 0 Å². The fourth-order valence-electron chi connectivity index (χ4n) is 4.51. The van der Waals surface area contributed by atoms with Gasteiger partial charge in [-0.25, -0.2) is 9.78 Å². The third kappa shape index (κ3) is 7.04. The van der Waals surface area contributed by atoms with E-state index in [1.54, 1.807) is 6.20 Å². The van der Waals surface area contributed by atoms with Gasteiger partial charge in [0.05, 0.1) is 31.5 Å². The molecule has 3 aliphatic rings. The largest absolute Gasteiger partial charge is 0.474 e. The Labute approximate surface area is 205 Å². The number of piperidine rings is 1. The van der Waals surface area contributed by atoms with E-state index in [0.717, 1.165) is 56.4 Å². The Morgan fingerprint density at radius 1 is 1.21 bits per heavy atom. The molecule has 1 spiro atoms. The highest BCUT2D eigenvalue weighted by molar-refractivity contribution is 9.10. The number of aromatic nitrogens is 1. The average molecular weight is 526 g/mol. The van der Waals surface area contributed by atoms with Gasteiger partial charge in [0.25, 0.3) is 0 Å². The molecule has 3 fully saturated rings. The third-order valence-electron chi connectivity index (χ3n) is 6.47. The van der Waals surface area contributed by atoms with Crippen molar-refractivity contribution in [2.45, 2.75) is 69.9 Å². The summed E-state index contributed by atoms with van der Waals surface area (Å²) in [4.78, 5) is 21.0. The Bertz CT molecular complexity index is 786. The highest BCUT2D eigenvalue weighted by atomic mass is 79.9. The van der Waals surface area contributed by atoms with Crippen LogP contribution in [0.15, 0.2) is 22.8 Å². The summed E-state index contributed by atoms with van der Waals surface area (Å²) in [5, 5.41) is 0. The zero-order valence-electron chi connectivity index (χ0n) is 19.9. The van der Waals surface area contributed by atoms with E-state index in [0.29, 0.717) is 25.6 Å². The van der Waals surface area contributed by atoms with Crippen LogP contribution in [0.4, 0.5) is 4.79 Å². The maximum atomic E-state index is 12.5. The van der Waals surface area contributed by atoms with Crippen LogP contribution in [0, 0.1) is 0 Å². The van der Waals surface area contributed by atoms with E-state index in [1.165, 1.54) is 0 Å². The number of ether oxygens (including phenoxy) is 4. The second kappa shape index (κ2) is 10.5. The quantitative estimate of drug-likeness (QED) is 0.557. The first kappa shape index (κ1) is 24.7. The zero-order valence-corrected chi connectivity index (χ0v) is 21.5. The molecule has 0 atom stereocenters. The number of amides is 1. The predicted molar refractivity (Wildman–Crippen MR) is 127 cm³/mol. The molecule has 2 saturated heterocycles. The van der Waals surface area contributed by atoms with E-state index >= 15 is 0 Å². The van der Waals surface area contributed by atoms with Gasteiger partial charge in [0, 0.05) is 55.8 Å². The van der Waals surface area contributed by atoms with Crippen molar-refractivity contribution in [3.8, 4) is 5.88 Å². The lowest BCUT2D eigenvalue weighted by atomic mass is 9.89. The van der Waals surface area contributed by atoms with Crippen molar-refractivity contribution in [1.29, 1.82) is 0 Å². The highest BCUT2D eigenvalue weighted by Crippen LogP contribution is 2.31. The SMILES string of the molecule is CC(C)(C)OC(=O)N1CCOC2(CCN(CCOC3CC(Oc4ccc(Br)cn4)C3)CC2)C1. The van der Waals surface area contributed by atoms with Gasteiger partial charge in [-0.3, -0.25) is 0 Å². The molecule has 1 aromatic heterocycles. The molecule has 0 N–H and O–H groups in total. The predicted octanol–water partition coefficient (Wildman–Crippen LogP) is 3.87. The fraction of sp³-hybridized carbons (Fsp3) is 0.750. The molecular formula is C24H36BrN3O5. The molecule has 0 unspecified atom stereocenters. The van der Waals surface area contributed by atoms with Gasteiger partial charge in [-0.2, -0.15) is 0 Å². The van der Waals surface area contributed by atoms with Crippen LogP contribution < -0.4 is 4.74 Å². The average Bonchev–Trinajstić information content (AvgIpc) is 2.73. The third-order valence-corrected chi connectivity index (χ3v) is 6.94. The van der Waals surface area contributed by atoms with Gasteiger partial charge < -0.3 is 28.7 Å². The summed E-state index contributed by atoms with van der Waals surface area (Å²) in [7, 11) is 0. The molecule has 0 bridgehead atoms. The molecule has 9 heteroatoms. The van der Waals surface area contributed by atoms with Crippen molar-refractivity contribution < 1.29 is 23.7 Å². The topological polar surface area (TPSA) is 73.4 Å². The van der Waals surface area contributed by atoms with Crippen LogP contribution in [0.2, 0.25) is 0 Å². The van der Waals surface area contributed by atoms with Crippen LogP contribution in [0.25, 0.3) is 0 Å². The summed E-state index contributed by atoms with van der Waals surface area (Å²) in [5.41, 5.74) is -0.722. The minimum atomic E-state index is -0.478. The summed E-state index contributed by atoms with van der Waals surface area (Å²) in [6.45, 7) is 11.0. The summed E-state index contributed by atoms with van der Waals surface area (Å²) in [6, 6.07) is 3.81. The summed E-state index contributed by atoms with van der Waals surface area (Å²) >= 11 is 3.38. The summed E-state index contributed by atoms with van der Waals surface area (Å²) in [5.74, 6) is 0.666. The summed E-state index contributed by atoms with van der Waals surface area (Å²) in [6.07, 6.45) is 5.64. The van der Waals surface area contributed by atoms with Gasteiger partial charge >= 0.3 is 6.09 Å². The minimum Gasteiger partial charge on any atom is -0.474 e. The number of halogens is 1. The molecule has 33 heavy (non-hydrogen) atoms. The summed E-state index contributed by atoms with van der Waals surface area (Å²) < 4.78 is 24.6. The maximum absolute atomic E-state index is 12.5. The van der Waals surface area contributed by atoms with Crippen LogP contribution >= 0.6 is 15.9 Å². The Morgan fingerprint density at radius 3 is 2.64 bits per heavy atom. The number of likely N-dealkylation sites (tertiary alicyclic amines) is 1. The number of hydrogen-bond donors (Lipinski definition) is 0. The van der Waals surface area contributed by atoms with E-state index in [9.17, 15) is 4.79 Å². The lowest BCUT2D eigenvalue weighted by Gasteiger charge is -2.47. The van der Waals surface area contributed by atoms with E-state index in [4.69, 9.17) is 18.9 Å². The normalized spacial score (nSPS) is 25.5. The molecule has 184 valence electrons. The lowest BCUT2D eigenvalue weighted by Crippen LogP contribution is -2.58. The molecule has 1 aliphatic carbocycles. The number of carbonyl (C=O) groups excluding carboxylic acids is 1. The molecule has 1 aromatic rings. The molecule has 4 rings (SSSR count). The van der Waals surface area contributed by atoms with Crippen LogP contribution in [0.1, 0.15) is 46.5 Å². The standard InChI is InChI=1S/C24H36BrN3O5/c1-23(2,3)33-22(29)28-11-13-31-24(17-28)6-8-27(9-7-24)10-12-30-19-14-20(15-19)32-21-5-4-18(25)16-26-21/h4-5,16,19-20H,6-15,17H2,1-3H3. The molecule has 1 amide bonds. The van der Waals surface area contributed by atoms with E-state index < -0.39 is 5.60 Å². The molecule has 3 heterocycles. The monoisotopic (exact) mass is 525 g/mol. The van der Waals surface area contributed by atoms with Crippen LogP contribution in [-0.2, 0) is 14.2 Å². The van der Waals surface area contributed by atoms with Crippen molar-refractivity contribution in [2.24, 2.45) is 0 Å². The maximum Gasteiger partial charge on any atom is 0.410 e. The van der Waals surface area contributed by atoms with Gasteiger partial charge in [-0.15, -0.1) is 0 Å². The first-order valence-corrected chi connectivity index (χ1v) is 12.7. The first-order chi connectivity index (χ1) is 15.7. The smallest absolute Gasteiger partial charge is 0.410 e. The Hall–Kier alpha value is -1.42. The molecule has 8 nitrogen and oxygen atoms in total. The van der Waals surface area contributed by atoms with Gasteiger partial charge in [-0.05, 0) is 55.6 Å². The number of nitrogens with zero attached hydrogens (tertiary/aromatic N) is 3. The van der Waals surface area contributed by atoms with E-state index in [-0.39, 0.29) is 23.9 Å². The van der Waals surface area contributed by atoms with Crippen molar-refractivity contribution in [3.63, 3.8) is 0 Å². The molecule has 1 saturated carbocycles. The number of pyridine rings is 1. The second-order valence-corrected chi connectivity index (χ2v) is 11.2. The number of carbonyl (C=O) groups is 1. The Morgan fingerprint density at radius 2 is 1.97 bits per heavy atom. The van der Waals surface area contributed by atoms with Crippen molar-refractivity contribution in [3.05, 3.63) is 22.8 Å². The van der Waals surface area contributed by atoms with Crippen molar-refractivity contribution >= 4 is 22.0 Å². The van der Waals surface area contributed by atoms with Gasteiger partial charge in [0.2, 0.25) is 5.88 Å². The Balaban J connectivity index is 1.11. The number of morpholine rings is 1. The first-order valence-electron chi connectivity index (χ1n) is 11.9. The minimum absolute atomic E-state index is 0.190. The number of hydrogen-bond acceptors (Lipinski definition) is 7. The zero-order chi connectivity index (χ0) is 23.5.